The molecule has 1 rings (SSSR count). The molecule has 0 fully saturated rings. The summed E-state index contributed by atoms with van der Waals surface area (Å²) in [7, 11) is 0. The maximum Gasteiger partial charge on any atom is 0.309 e. The van der Waals surface area contributed by atoms with Crippen LogP contribution in [-0.2, 0) is 10.4 Å². The largest absolute Gasteiger partial charge is 0.481 e. The zero-order chi connectivity index (χ0) is 13.8. The second kappa shape index (κ2) is 6.01. The fourth-order valence-corrected chi connectivity index (χ4v) is 2.53. The molecular weight excluding hydrogens is 228 g/mol. The number of carboxylic acid groups (broad SMARTS) is 1. The highest BCUT2D eigenvalue weighted by molar-refractivity contribution is 5.72. The Hall–Kier alpha value is -1.35. The van der Waals surface area contributed by atoms with Crippen LogP contribution in [0, 0.1) is 11.8 Å². The van der Waals surface area contributed by atoms with Gasteiger partial charge in [0.15, 0.2) is 0 Å². The number of carboxylic acids is 1. The van der Waals surface area contributed by atoms with E-state index in [1.165, 1.54) is 0 Å². The van der Waals surface area contributed by atoms with Crippen LogP contribution in [0.4, 0.5) is 0 Å². The van der Waals surface area contributed by atoms with Gasteiger partial charge in [-0.1, -0.05) is 51.1 Å². The lowest BCUT2D eigenvalue weighted by Crippen LogP contribution is -2.40. The molecule has 3 heteroatoms. The predicted octanol–water partition coefficient (Wildman–Crippen LogP) is 3.03. The number of rotatable bonds is 6. The van der Waals surface area contributed by atoms with Gasteiger partial charge in [0.05, 0.1) is 5.92 Å². The summed E-state index contributed by atoms with van der Waals surface area (Å²) in [6.45, 7) is 5.78. The van der Waals surface area contributed by atoms with E-state index in [2.05, 4.69) is 0 Å². The number of hydrogen-bond donors (Lipinski definition) is 2. The first-order valence-electron chi connectivity index (χ1n) is 6.42. The van der Waals surface area contributed by atoms with Crippen LogP contribution in [0.1, 0.15) is 39.2 Å². The lowest BCUT2D eigenvalue weighted by atomic mass is 9.75. The van der Waals surface area contributed by atoms with Crippen molar-refractivity contribution in [3.05, 3.63) is 35.9 Å². The molecule has 0 aliphatic heterocycles. The summed E-state index contributed by atoms with van der Waals surface area (Å²) in [5.74, 6) is -1.49. The van der Waals surface area contributed by atoms with Crippen molar-refractivity contribution >= 4 is 5.97 Å². The fraction of sp³-hybridized carbons (Fsp3) is 0.533. The number of aliphatic carboxylic acids is 1. The Kier molecular flexibility index (Phi) is 4.91. The Morgan fingerprint density at radius 3 is 2.22 bits per heavy atom. The third kappa shape index (κ3) is 3.10. The van der Waals surface area contributed by atoms with E-state index in [4.69, 9.17) is 0 Å². The molecule has 0 bridgehead atoms. The summed E-state index contributed by atoms with van der Waals surface area (Å²) in [6, 6.07) is 9.12. The van der Waals surface area contributed by atoms with Crippen LogP contribution in [0.15, 0.2) is 30.3 Å². The molecular formula is C15H22O3. The normalized spacial score (nSPS) is 16.3. The molecule has 2 atom stereocenters. The molecule has 0 spiro atoms. The Balaban J connectivity index is 3.21. The van der Waals surface area contributed by atoms with Gasteiger partial charge in [-0.05, 0) is 24.3 Å². The first-order chi connectivity index (χ1) is 8.41. The van der Waals surface area contributed by atoms with Crippen molar-refractivity contribution in [3.63, 3.8) is 0 Å². The minimum absolute atomic E-state index is 0.226. The lowest BCUT2D eigenvalue weighted by Gasteiger charge is -2.35. The molecule has 0 saturated heterocycles. The van der Waals surface area contributed by atoms with Gasteiger partial charge < -0.3 is 10.2 Å². The van der Waals surface area contributed by atoms with Crippen LogP contribution in [-0.4, -0.2) is 16.2 Å². The molecule has 1 aromatic rings. The van der Waals surface area contributed by atoms with Crippen LogP contribution in [0.3, 0.4) is 0 Å². The molecule has 0 radical (unpaired) electrons. The van der Waals surface area contributed by atoms with E-state index in [1.807, 2.05) is 32.0 Å². The number of hydrogen-bond acceptors (Lipinski definition) is 2. The minimum Gasteiger partial charge on any atom is -0.481 e. The van der Waals surface area contributed by atoms with Crippen molar-refractivity contribution in [2.45, 2.75) is 39.2 Å². The smallest absolute Gasteiger partial charge is 0.309 e. The summed E-state index contributed by atoms with van der Waals surface area (Å²) in [5.41, 5.74) is -0.608. The first-order valence-corrected chi connectivity index (χ1v) is 6.42. The molecule has 100 valence electrons. The summed E-state index contributed by atoms with van der Waals surface area (Å²) in [4.78, 5) is 11.4. The van der Waals surface area contributed by atoms with Gasteiger partial charge in [0.25, 0.3) is 0 Å². The monoisotopic (exact) mass is 250 g/mol. The molecule has 0 amide bonds. The van der Waals surface area contributed by atoms with Crippen LogP contribution < -0.4 is 0 Å². The molecule has 0 saturated carbocycles. The highest BCUT2D eigenvalue weighted by atomic mass is 16.4. The molecule has 1 aromatic carbocycles. The predicted molar refractivity (Wildman–Crippen MR) is 71.2 cm³/mol. The van der Waals surface area contributed by atoms with Gasteiger partial charge >= 0.3 is 5.97 Å². The minimum atomic E-state index is -1.30. The van der Waals surface area contributed by atoms with Crippen LogP contribution in [0.2, 0.25) is 0 Å². The number of aliphatic hydroxyl groups is 1. The van der Waals surface area contributed by atoms with Gasteiger partial charge in [-0.3, -0.25) is 4.79 Å². The van der Waals surface area contributed by atoms with E-state index in [-0.39, 0.29) is 5.92 Å². The van der Waals surface area contributed by atoms with Gasteiger partial charge in [0.1, 0.15) is 5.60 Å². The standard InChI is InChI=1S/C15H22O3/c1-4-13(14(16)17)15(18,10-11(2)3)12-8-6-5-7-9-12/h5-9,11,13,18H,4,10H2,1-3H3,(H,16,17). The van der Waals surface area contributed by atoms with Crippen molar-refractivity contribution < 1.29 is 15.0 Å². The van der Waals surface area contributed by atoms with Crippen molar-refractivity contribution in [1.29, 1.82) is 0 Å². The molecule has 0 aromatic heterocycles. The quantitative estimate of drug-likeness (QED) is 0.816. The van der Waals surface area contributed by atoms with Gasteiger partial charge in [0.2, 0.25) is 0 Å². The van der Waals surface area contributed by atoms with Crippen molar-refractivity contribution in [2.24, 2.45) is 11.8 Å². The van der Waals surface area contributed by atoms with Gasteiger partial charge in [-0.2, -0.15) is 0 Å². The number of carbonyl (C=O) groups is 1. The van der Waals surface area contributed by atoms with Crippen LogP contribution in [0.25, 0.3) is 0 Å². The van der Waals surface area contributed by atoms with Crippen molar-refractivity contribution in [3.8, 4) is 0 Å². The summed E-state index contributed by atoms with van der Waals surface area (Å²) < 4.78 is 0. The van der Waals surface area contributed by atoms with E-state index in [0.29, 0.717) is 18.4 Å². The van der Waals surface area contributed by atoms with Crippen LogP contribution >= 0.6 is 0 Å². The third-order valence-electron chi connectivity index (χ3n) is 3.28. The Morgan fingerprint density at radius 2 is 1.83 bits per heavy atom. The first kappa shape index (κ1) is 14.7. The number of benzene rings is 1. The molecule has 0 aliphatic carbocycles. The highest BCUT2D eigenvalue weighted by Crippen LogP contribution is 2.37. The van der Waals surface area contributed by atoms with Crippen LogP contribution in [0.5, 0.6) is 0 Å². The SMILES string of the molecule is CCC(C(=O)O)C(O)(CC(C)C)c1ccccc1. The van der Waals surface area contributed by atoms with Crippen molar-refractivity contribution in [1.82, 2.24) is 0 Å². The zero-order valence-corrected chi connectivity index (χ0v) is 11.3. The third-order valence-corrected chi connectivity index (χ3v) is 3.28. The molecule has 0 heterocycles. The molecule has 18 heavy (non-hydrogen) atoms. The summed E-state index contributed by atoms with van der Waals surface area (Å²) in [5, 5.41) is 20.2. The van der Waals surface area contributed by atoms with Gasteiger partial charge in [-0.15, -0.1) is 0 Å². The molecule has 3 nitrogen and oxygen atoms in total. The average Bonchev–Trinajstić information content (AvgIpc) is 2.29. The fourth-order valence-electron chi connectivity index (χ4n) is 2.53. The van der Waals surface area contributed by atoms with Gasteiger partial charge in [-0.25, -0.2) is 0 Å². The zero-order valence-electron chi connectivity index (χ0n) is 11.3. The maximum absolute atomic E-state index is 11.4. The highest BCUT2D eigenvalue weighted by Gasteiger charge is 2.42. The summed E-state index contributed by atoms with van der Waals surface area (Å²) >= 11 is 0. The second-order valence-electron chi connectivity index (χ2n) is 5.19. The van der Waals surface area contributed by atoms with E-state index < -0.39 is 17.5 Å². The summed E-state index contributed by atoms with van der Waals surface area (Å²) in [6.07, 6.45) is 0.856. The van der Waals surface area contributed by atoms with E-state index in [9.17, 15) is 15.0 Å². The van der Waals surface area contributed by atoms with Gasteiger partial charge in [0, 0.05) is 0 Å². The Labute approximate surface area is 108 Å². The second-order valence-corrected chi connectivity index (χ2v) is 5.19. The molecule has 2 N–H and O–H groups in total. The average molecular weight is 250 g/mol. The topological polar surface area (TPSA) is 57.5 Å². The van der Waals surface area contributed by atoms with E-state index in [0.717, 1.165) is 0 Å². The lowest BCUT2D eigenvalue weighted by molar-refractivity contribution is -0.155. The molecule has 2 unspecified atom stereocenters. The maximum atomic E-state index is 11.4. The molecule has 0 aliphatic rings. The van der Waals surface area contributed by atoms with E-state index >= 15 is 0 Å². The Bertz CT molecular complexity index is 386. The van der Waals surface area contributed by atoms with Crippen molar-refractivity contribution in [2.75, 3.05) is 0 Å². The van der Waals surface area contributed by atoms with E-state index in [1.54, 1.807) is 19.1 Å². The Morgan fingerprint density at radius 1 is 1.28 bits per heavy atom.